The summed E-state index contributed by atoms with van der Waals surface area (Å²) in [7, 11) is 1.24. The first-order valence-corrected chi connectivity index (χ1v) is 4.22. The highest BCUT2D eigenvalue weighted by Gasteiger charge is 2.14. The van der Waals surface area contributed by atoms with E-state index in [-0.39, 0.29) is 11.6 Å². The SMILES string of the molecule is CO/C(=C/C(=N)n1cccn1)C(=N)C(=O)O. The predicted octanol–water partition coefficient (Wildman–Crippen LogP) is 0.343. The number of carbonyl (C=O) groups is 1. The number of allylic oxidation sites excluding steroid dienone is 1. The van der Waals surface area contributed by atoms with E-state index in [1.807, 2.05) is 0 Å². The maximum absolute atomic E-state index is 10.5. The van der Waals surface area contributed by atoms with E-state index in [0.717, 1.165) is 6.08 Å². The molecule has 0 aliphatic rings. The first-order chi connectivity index (χ1) is 7.56. The Balaban J connectivity index is 2.93. The number of hydrogen-bond acceptors (Lipinski definition) is 5. The van der Waals surface area contributed by atoms with Crippen LogP contribution >= 0.6 is 0 Å². The Labute approximate surface area is 91.0 Å². The van der Waals surface area contributed by atoms with Crippen LogP contribution in [0.1, 0.15) is 0 Å². The van der Waals surface area contributed by atoms with Crippen LogP contribution in [0.15, 0.2) is 30.3 Å². The molecule has 0 unspecified atom stereocenters. The van der Waals surface area contributed by atoms with E-state index in [4.69, 9.17) is 20.7 Å². The lowest BCUT2D eigenvalue weighted by molar-refractivity contribution is -0.129. The van der Waals surface area contributed by atoms with Crippen LogP contribution in [0.2, 0.25) is 0 Å². The maximum Gasteiger partial charge on any atom is 0.357 e. The largest absolute Gasteiger partial charge is 0.494 e. The number of nitrogens with one attached hydrogen (secondary N) is 2. The summed E-state index contributed by atoms with van der Waals surface area (Å²) in [5, 5.41) is 27.1. The Kier molecular flexibility index (Phi) is 3.54. The molecule has 0 aliphatic heterocycles. The second-order valence-electron chi connectivity index (χ2n) is 2.73. The van der Waals surface area contributed by atoms with Crippen molar-refractivity contribution in [3.05, 3.63) is 30.3 Å². The van der Waals surface area contributed by atoms with Crippen molar-refractivity contribution in [3.63, 3.8) is 0 Å². The fourth-order valence-electron chi connectivity index (χ4n) is 0.940. The number of carboxylic acid groups (broad SMARTS) is 1. The van der Waals surface area contributed by atoms with Gasteiger partial charge in [0, 0.05) is 18.5 Å². The van der Waals surface area contributed by atoms with E-state index >= 15 is 0 Å². The zero-order valence-corrected chi connectivity index (χ0v) is 8.47. The molecule has 0 atom stereocenters. The second-order valence-corrected chi connectivity index (χ2v) is 2.73. The molecule has 1 rings (SSSR count). The minimum Gasteiger partial charge on any atom is -0.494 e. The number of methoxy groups -OCH3 is 1. The van der Waals surface area contributed by atoms with Crippen LogP contribution in [0, 0.1) is 10.8 Å². The van der Waals surface area contributed by atoms with Crippen molar-refractivity contribution in [1.29, 1.82) is 10.8 Å². The highest BCUT2D eigenvalue weighted by atomic mass is 16.5. The molecule has 0 amide bonds. The molecule has 0 bridgehead atoms. The molecule has 0 spiro atoms. The fourth-order valence-corrected chi connectivity index (χ4v) is 0.940. The fraction of sp³-hybridized carbons (Fsp3) is 0.111. The van der Waals surface area contributed by atoms with Crippen molar-refractivity contribution in [2.75, 3.05) is 7.11 Å². The van der Waals surface area contributed by atoms with Crippen LogP contribution < -0.4 is 0 Å². The van der Waals surface area contributed by atoms with Gasteiger partial charge >= 0.3 is 5.97 Å². The predicted molar refractivity (Wildman–Crippen MR) is 55.8 cm³/mol. The van der Waals surface area contributed by atoms with Gasteiger partial charge in [0.2, 0.25) is 0 Å². The van der Waals surface area contributed by atoms with Crippen LogP contribution in [-0.2, 0) is 9.53 Å². The lowest BCUT2D eigenvalue weighted by Gasteiger charge is -2.04. The summed E-state index contributed by atoms with van der Waals surface area (Å²) in [6.07, 6.45) is 4.12. The number of hydrogen-bond donors (Lipinski definition) is 3. The molecule has 0 radical (unpaired) electrons. The molecule has 0 saturated carbocycles. The molecule has 0 fully saturated rings. The van der Waals surface area contributed by atoms with Crippen molar-refractivity contribution < 1.29 is 14.6 Å². The van der Waals surface area contributed by atoms with Crippen LogP contribution in [0.25, 0.3) is 0 Å². The van der Waals surface area contributed by atoms with E-state index in [9.17, 15) is 4.79 Å². The van der Waals surface area contributed by atoms with E-state index in [0.29, 0.717) is 0 Å². The van der Waals surface area contributed by atoms with Gasteiger partial charge in [0.05, 0.1) is 7.11 Å². The Morgan fingerprint density at radius 1 is 1.56 bits per heavy atom. The number of aromatic nitrogens is 2. The van der Waals surface area contributed by atoms with E-state index in [2.05, 4.69) is 5.10 Å². The Bertz CT molecular complexity index is 447. The van der Waals surface area contributed by atoms with Crippen LogP contribution in [0.3, 0.4) is 0 Å². The normalized spacial score (nSPS) is 10.9. The number of rotatable bonds is 4. The molecular formula is C9H10N4O3. The average Bonchev–Trinajstić information content (AvgIpc) is 2.77. The van der Waals surface area contributed by atoms with E-state index in [1.165, 1.54) is 24.2 Å². The van der Waals surface area contributed by atoms with Gasteiger partial charge in [0.25, 0.3) is 0 Å². The zero-order valence-electron chi connectivity index (χ0n) is 8.47. The molecule has 16 heavy (non-hydrogen) atoms. The number of carboxylic acids is 1. The maximum atomic E-state index is 10.5. The smallest absolute Gasteiger partial charge is 0.357 e. The van der Waals surface area contributed by atoms with Gasteiger partial charge in [-0.15, -0.1) is 0 Å². The summed E-state index contributed by atoms with van der Waals surface area (Å²) in [5.41, 5.74) is -0.709. The summed E-state index contributed by atoms with van der Waals surface area (Å²) in [6.45, 7) is 0. The van der Waals surface area contributed by atoms with Gasteiger partial charge in [-0.25, -0.2) is 9.48 Å². The lowest BCUT2D eigenvalue weighted by Crippen LogP contribution is -2.18. The van der Waals surface area contributed by atoms with Crippen molar-refractivity contribution in [2.45, 2.75) is 0 Å². The molecule has 1 aromatic heterocycles. The highest BCUT2D eigenvalue weighted by molar-refractivity contribution is 6.41. The number of nitrogens with zero attached hydrogens (tertiary/aromatic N) is 2. The molecule has 0 aromatic carbocycles. The van der Waals surface area contributed by atoms with E-state index in [1.54, 1.807) is 6.07 Å². The van der Waals surface area contributed by atoms with Gasteiger partial charge in [0.1, 0.15) is 5.84 Å². The van der Waals surface area contributed by atoms with Gasteiger partial charge in [-0.2, -0.15) is 5.10 Å². The van der Waals surface area contributed by atoms with Gasteiger partial charge in [-0.05, 0) is 6.07 Å². The minimum absolute atomic E-state index is 0.0900. The highest BCUT2D eigenvalue weighted by Crippen LogP contribution is 2.00. The third kappa shape index (κ3) is 2.53. The summed E-state index contributed by atoms with van der Waals surface area (Å²) in [5.74, 6) is -1.71. The number of aliphatic carboxylic acids is 1. The van der Waals surface area contributed by atoms with Crippen LogP contribution in [0.4, 0.5) is 0 Å². The Hall–Kier alpha value is -2.44. The van der Waals surface area contributed by atoms with Crippen molar-refractivity contribution in [1.82, 2.24) is 9.78 Å². The lowest BCUT2D eigenvalue weighted by atomic mass is 10.3. The molecule has 1 heterocycles. The molecule has 0 aliphatic carbocycles. The zero-order chi connectivity index (χ0) is 12.1. The van der Waals surface area contributed by atoms with Crippen LogP contribution in [-0.4, -0.2) is 39.5 Å². The first kappa shape index (κ1) is 11.6. The Morgan fingerprint density at radius 3 is 2.69 bits per heavy atom. The molecule has 0 saturated heterocycles. The molecular weight excluding hydrogens is 212 g/mol. The van der Waals surface area contributed by atoms with Crippen LogP contribution in [0.5, 0.6) is 0 Å². The minimum atomic E-state index is -1.42. The van der Waals surface area contributed by atoms with Gasteiger partial charge in [0.15, 0.2) is 11.5 Å². The molecule has 1 aromatic rings. The first-order valence-electron chi connectivity index (χ1n) is 4.22. The van der Waals surface area contributed by atoms with Crippen molar-refractivity contribution in [3.8, 4) is 0 Å². The molecule has 84 valence electrons. The van der Waals surface area contributed by atoms with Crippen molar-refractivity contribution in [2.24, 2.45) is 0 Å². The number of ether oxygens (including phenoxy) is 1. The summed E-state index contributed by atoms with van der Waals surface area (Å²) in [4.78, 5) is 10.5. The third-order valence-corrected chi connectivity index (χ3v) is 1.70. The third-order valence-electron chi connectivity index (χ3n) is 1.70. The monoisotopic (exact) mass is 222 g/mol. The molecule has 3 N–H and O–H groups in total. The quantitative estimate of drug-likeness (QED) is 0.387. The summed E-state index contributed by atoms with van der Waals surface area (Å²) in [6, 6.07) is 1.62. The van der Waals surface area contributed by atoms with Gasteiger partial charge in [-0.1, -0.05) is 0 Å². The summed E-state index contributed by atoms with van der Waals surface area (Å²) >= 11 is 0. The molecule has 7 nitrogen and oxygen atoms in total. The second kappa shape index (κ2) is 4.87. The topological polar surface area (TPSA) is 112 Å². The average molecular weight is 222 g/mol. The summed E-state index contributed by atoms with van der Waals surface area (Å²) < 4.78 is 5.93. The van der Waals surface area contributed by atoms with Crippen molar-refractivity contribution >= 4 is 17.5 Å². The standard InChI is InChI=1S/C9H10N4O3/c1-16-6(8(11)9(14)15)5-7(10)13-4-2-3-12-13/h2-5,10-11H,1H3,(H,14,15)/b6-5+,10-7?,11-8?. The molecule has 7 heteroatoms. The Morgan fingerprint density at radius 2 is 2.25 bits per heavy atom. The van der Waals surface area contributed by atoms with E-state index < -0.39 is 11.7 Å². The van der Waals surface area contributed by atoms with Gasteiger partial charge < -0.3 is 9.84 Å². The van der Waals surface area contributed by atoms with Gasteiger partial charge in [-0.3, -0.25) is 10.8 Å².